The Hall–Kier alpha value is -0.140. The molecule has 1 atom stereocenters. The molecule has 0 heterocycles. The predicted molar refractivity (Wildman–Crippen MR) is 41.7 cm³/mol. The average Bonchev–Trinajstić information content (AvgIpc) is 1.81. The molecule has 0 aromatic rings. The van der Waals surface area contributed by atoms with Gasteiger partial charge in [0, 0.05) is 12.8 Å². The van der Waals surface area contributed by atoms with Crippen molar-refractivity contribution in [1.82, 2.24) is 0 Å². The molecular formula is C9H16F2. The van der Waals surface area contributed by atoms with Gasteiger partial charge in [-0.15, -0.1) is 0 Å². The molecule has 0 aliphatic heterocycles. The Balaban J connectivity index is 2.63. The van der Waals surface area contributed by atoms with Crippen LogP contribution in [-0.2, 0) is 0 Å². The highest BCUT2D eigenvalue weighted by Crippen LogP contribution is 2.46. The Morgan fingerprint density at radius 1 is 1.18 bits per heavy atom. The summed E-state index contributed by atoms with van der Waals surface area (Å²) in [5.74, 6) is -2.25. The number of hydrogen-bond acceptors (Lipinski definition) is 0. The second-order valence-electron chi connectivity index (χ2n) is 4.45. The van der Waals surface area contributed by atoms with Gasteiger partial charge in [-0.2, -0.15) is 0 Å². The summed E-state index contributed by atoms with van der Waals surface area (Å²) < 4.78 is 25.6. The van der Waals surface area contributed by atoms with E-state index in [9.17, 15) is 8.78 Å². The molecule has 1 fully saturated rings. The van der Waals surface area contributed by atoms with Gasteiger partial charge in [-0.1, -0.05) is 20.8 Å². The van der Waals surface area contributed by atoms with E-state index in [4.69, 9.17) is 0 Å². The largest absolute Gasteiger partial charge is 0.248 e. The number of alkyl halides is 2. The molecule has 1 aliphatic carbocycles. The van der Waals surface area contributed by atoms with Gasteiger partial charge in [-0.25, -0.2) is 8.78 Å². The summed E-state index contributed by atoms with van der Waals surface area (Å²) in [5.41, 5.74) is 0.113. The number of rotatable bonds is 0. The van der Waals surface area contributed by atoms with Crippen molar-refractivity contribution in [1.29, 1.82) is 0 Å². The maximum atomic E-state index is 12.8. The molecule has 0 radical (unpaired) electrons. The topological polar surface area (TPSA) is 0 Å². The first-order valence-electron chi connectivity index (χ1n) is 4.21. The summed E-state index contributed by atoms with van der Waals surface area (Å²) in [4.78, 5) is 0. The van der Waals surface area contributed by atoms with Gasteiger partial charge in [0.2, 0.25) is 5.92 Å². The van der Waals surface area contributed by atoms with Gasteiger partial charge in [0.25, 0.3) is 0 Å². The third-order valence-corrected chi connectivity index (χ3v) is 3.07. The molecule has 0 amide bonds. The fourth-order valence-corrected chi connectivity index (χ4v) is 1.58. The normalized spacial score (nSPS) is 35.2. The first-order valence-corrected chi connectivity index (χ1v) is 4.21. The smallest absolute Gasteiger partial charge is 0.207 e. The molecule has 0 nitrogen and oxygen atoms in total. The lowest BCUT2D eigenvalue weighted by Crippen LogP contribution is -2.36. The van der Waals surface area contributed by atoms with Crippen molar-refractivity contribution in [3.8, 4) is 0 Å². The minimum atomic E-state index is -2.39. The van der Waals surface area contributed by atoms with Crippen LogP contribution in [0.3, 0.4) is 0 Å². The number of hydrogen-bond donors (Lipinski definition) is 0. The lowest BCUT2D eigenvalue weighted by Gasteiger charge is -2.40. The quantitative estimate of drug-likeness (QED) is 0.511. The van der Waals surface area contributed by atoms with Crippen molar-refractivity contribution in [3.05, 3.63) is 0 Å². The van der Waals surface area contributed by atoms with E-state index < -0.39 is 5.92 Å². The van der Waals surface area contributed by atoms with E-state index in [1.165, 1.54) is 0 Å². The van der Waals surface area contributed by atoms with Crippen molar-refractivity contribution >= 4 is 0 Å². The van der Waals surface area contributed by atoms with Crippen LogP contribution in [0.1, 0.15) is 40.0 Å². The second-order valence-corrected chi connectivity index (χ2v) is 4.45. The molecule has 1 aliphatic rings. The molecule has 1 rings (SSSR count). The van der Waals surface area contributed by atoms with Gasteiger partial charge in [0.1, 0.15) is 0 Å². The summed E-state index contributed by atoms with van der Waals surface area (Å²) in [5, 5.41) is 0. The Bertz CT molecular complexity index is 150. The van der Waals surface area contributed by atoms with E-state index in [1.54, 1.807) is 0 Å². The van der Waals surface area contributed by atoms with Crippen molar-refractivity contribution in [2.75, 3.05) is 0 Å². The highest BCUT2D eigenvalue weighted by atomic mass is 19.3. The fraction of sp³-hybridized carbons (Fsp3) is 1.00. The zero-order chi connectivity index (χ0) is 8.70. The first kappa shape index (κ1) is 8.95. The second kappa shape index (κ2) is 2.43. The highest BCUT2D eigenvalue weighted by Gasteiger charge is 2.42. The van der Waals surface area contributed by atoms with Crippen LogP contribution in [0.15, 0.2) is 0 Å². The third kappa shape index (κ3) is 1.91. The lowest BCUT2D eigenvalue weighted by molar-refractivity contribution is -0.0850. The third-order valence-electron chi connectivity index (χ3n) is 3.07. The van der Waals surface area contributed by atoms with Crippen molar-refractivity contribution in [2.45, 2.75) is 46.0 Å². The average molecular weight is 162 g/mol. The molecule has 11 heavy (non-hydrogen) atoms. The molecule has 0 N–H and O–H groups in total. The van der Waals surface area contributed by atoms with Gasteiger partial charge in [-0.05, 0) is 17.8 Å². The zero-order valence-corrected chi connectivity index (χ0v) is 7.45. The molecule has 0 bridgehead atoms. The van der Waals surface area contributed by atoms with Crippen LogP contribution in [0.4, 0.5) is 8.78 Å². The van der Waals surface area contributed by atoms with E-state index in [0.717, 1.165) is 0 Å². The summed E-state index contributed by atoms with van der Waals surface area (Å²) in [6.07, 6.45) is 0.797. The van der Waals surface area contributed by atoms with E-state index >= 15 is 0 Å². The van der Waals surface area contributed by atoms with Crippen molar-refractivity contribution in [2.24, 2.45) is 11.3 Å². The summed E-state index contributed by atoms with van der Waals surface area (Å²) in [7, 11) is 0. The van der Waals surface area contributed by atoms with Gasteiger partial charge >= 0.3 is 0 Å². The van der Waals surface area contributed by atoms with Crippen LogP contribution < -0.4 is 0 Å². The number of halogens is 2. The Kier molecular flexibility index (Phi) is 1.97. The van der Waals surface area contributed by atoms with Gasteiger partial charge < -0.3 is 0 Å². The van der Waals surface area contributed by atoms with E-state index in [2.05, 4.69) is 13.8 Å². The monoisotopic (exact) mass is 162 g/mol. The molecule has 66 valence electrons. The van der Waals surface area contributed by atoms with Crippen LogP contribution in [0.25, 0.3) is 0 Å². The summed E-state index contributed by atoms with van der Waals surface area (Å²) >= 11 is 0. The molecular weight excluding hydrogens is 146 g/mol. The Morgan fingerprint density at radius 3 is 2.09 bits per heavy atom. The van der Waals surface area contributed by atoms with Crippen LogP contribution in [0, 0.1) is 11.3 Å². The first-order chi connectivity index (χ1) is 4.83. The van der Waals surface area contributed by atoms with Crippen LogP contribution in [-0.4, -0.2) is 5.92 Å². The van der Waals surface area contributed by atoms with E-state index in [0.29, 0.717) is 6.42 Å². The van der Waals surface area contributed by atoms with Gasteiger partial charge in [0.05, 0.1) is 0 Å². The van der Waals surface area contributed by atoms with E-state index in [-0.39, 0.29) is 24.2 Å². The molecule has 0 aromatic heterocycles. The summed E-state index contributed by atoms with van der Waals surface area (Å²) in [6, 6.07) is 0. The minimum Gasteiger partial charge on any atom is -0.207 e. The van der Waals surface area contributed by atoms with Crippen LogP contribution in [0.2, 0.25) is 0 Å². The minimum absolute atomic E-state index is 0.0694. The standard InChI is InChI=1S/C9H16F2/c1-7-6-9(10,11)5-4-8(7,2)3/h7H,4-6H2,1-3H3. The molecule has 1 saturated carbocycles. The van der Waals surface area contributed by atoms with Gasteiger partial charge in [0.15, 0.2) is 0 Å². The molecule has 0 aromatic carbocycles. The molecule has 1 unspecified atom stereocenters. The van der Waals surface area contributed by atoms with Crippen LogP contribution >= 0.6 is 0 Å². The van der Waals surface area contributed by atoms with Crippen LogP contribution in [0.5, 0.6) is 0 Å². The SMILES string of the molecule is CC1CC(F)(F)CCC1(C)C. The Morgan fingerprint density at radius 2 is 1.73 bits per heavy atom. The summed E-state index contributed by atoms with van der Waals surface area (Å²) in [6.45, 7) is 6.08. The molecule has 2 heteroatoms. The molecule has 0 saturated heterocycles. The predicted octanol–water partition coefficient (Wildman–Crippen LogP) is 3.47. The van der Waals surface area contributed by atoms with Crippen molar-refractivity contribution in [3.63, 3.8) is 0 Å². The van der Waals surface area contributed by atoms with E-state index in [1.807, 2.05) is 6.92 Å². The Labute approximate surface area is 67.0 Å². The lowest BCUT2D eigenvalue weighted by atomic mass is 9.68. The fourth-order valence-electron chi connectivity index (χ4n) is 1.58. The maximum absolute atomic E-state index is 12.8. The van der Waals surface area contributed by atoms with Gasteiger partial charge in [-0.3, -0.25) is 0 Å². The maximum Gasteiger partial charge on any atom is 0.248 e. The molecule has 0 spiro atoms. The zero-order valence-electron chi connectivity index (χ0n) is 7.45. The van der Waals surface area contributed by atoms with Crippen molar-refractivity contribution < 1.29 is 8.78 Å². The highest BCUT2D eigenvalue weighted by molar-refractivity contribution is 4.87.